The minimum absolute atomic E-state index is 0.393. The van der Waals surface area contributed by atoms with Crippen molar-refractivity contribution in [3.63, 3.8) is 0 Å². The average molecular weight is 467 g/mol. The van der Waals surface area contributed by atoms with Gasteiger partial charge in [0.2, 0.25) is 0 Å². The van der Waals surface area contributed by atoms with Gasteiger partial charge in [-0.25, -0.2) is 0 Å². The Morgan fingerprint density at radius 3 is 2.31 bits per heavy atom. The van der Waals surface area contributed by atoms with Gasteiger partial charge in [-0.2, -0.15) is 5.26 Å². The second kappa shape index (κ2) is 11.2. The maximum absolute atomic E-state index is 8.66. The van der Waals surface area contributed by atoms with Crippen LogP contribution in [0.1, 0.15) is 54.6 Å². The number of hydrogen-bond acceptors (Lipinski definition) is 5. The van der Waals surface area contributed by atoms with Crippen LogP contribution in [-0.4, -0.2) is 46.2 Å². The van der Waals surface area contributed by atoms with E-state index in [1.165, 1.54) is 73.3 Å². The highest BCUT2D eigenvalue weighted by Crippen LogP contribution is 2.48. The molecule has 5 nitrogen and oxygen atoms in total. The molecular formula is C29H34BN3O2. The lowest BCUT2D eigenvalue weighted by molar-refractivity contribution is 0.256. The van der Waals surface area contributed by atoms with Gasteiger partial charge in [-0.05, 0) is 93.2 Å². The van der Waals surface area contributed by atoms with Crippen LogP contribution in [0.2, 0.25) is 0 Å². The summed E-state index contributed by atoms with van der Waals surface area (Å²) in [5.74, 6) is 1.66. The Balaban J connectivity index is 0.000000221. The monoisotopic (exact) mass is 467 g/mol. The molecule has 3 atom stereocenters. The molecule has 35 heavy (non-hydrogen) atoms. The predicted molar refractivity (Wildman–Crippen MR) is 141 cm³/mol. The average Bonchev–Trinajstić information content (AvgIpc) is 3.51. The Labute approximate surface area is 209 Å². The van der Waals surface area contributed by atoms with Crippen molar-refractivity contribution in [3.05, 3.63) is 83.2 Å². The first kappa shape index (κ1) is 25.1. The predicted octanol–water partition coefficient (Wildman–Crippen LogP) is 4.19. The zero-order valence-corrected chi connectivity index (χ0v) is 20.9. The van der Waals surface area contributed by atoms with Crippen molar-refractivity contribution in [3.8, 4) is 17.2 Å². The molecule has 0 spiro atoms. The maximum Gasteiger partial charge on any atom is 0.488 e. The lowest BCUT2D eigenvalue weighted by Gasteiger charge is -2.20. The molecule has 0 radical (unpaired) electrons. The third kappa shape index (κ3) is 6.38. The minimum Gasteiger partial charge on any atom is -0.423 e. The van der Waals surface area contributed by atoms with Crippen molar-refractivity contribution in [2.24, 2.45) is 5.92 Å². The molecule has 2 aliphatic rings. The van der Waals surface area contributed by atoms with E-state index in [1.54, 1.807) is 0 Å². The third-order valence-electron chi connectivity index (χ3n) is 7.29. The van der Waals surface area contributed by atoms with Crippen LogP contribution in [0.25, 0.3) is 11.1 Å². The van der Waals surface area contributed by atoms with Gasteiger partial charge < -0.3 is 14.9 Å². The molecule has 0 amide bonds. The van der Waals surface area contributed by atoms with E-state index in [2.05, 4.69) is 60.1 Å². The van der Waals surface area contributed by atoms with Crippen LogP contribution in [0.15, 0.2) is 60.7 Å². The number of nitrogens with zero attached hydrogens (tertiary/aromatic N) is 3. The summed E-state index contributed by atoms with van der Waals surface area (Å²) in [6, 6.07) is 22.3. The molecule has 1 saturated heterocycles. The van der Waals surface area contributed by atoms with Crippen LogP contribution in [0.3, 0.4) is 0 Å². The normalized spacial score (nSPS) is 21.1. The number of nitriles is 1. The van der Waals surface area contributed by atoms with Crippen molar-refractivity contribution in [2.45, 2.75) is 52.0 Å². The zero-order chi connectivity index (χ0) is 24.9. The number of aryl methyl sites for hydroxylation is 2. The summed E-state index contributed by atoms with van der Waals surface area (Å²) >= 11 is 0. The van der Waals surface area contributed by atoms with Gasteiger partial charge in [0, 0.05) is 29.5 Å². The molecule has 2 N–H and O–H groups in total. The van der Waals surface area contributed by atoms with Gasteiger partial charge in [-0.1, -0.05) is 42.5 Å². The van der Waals surface area contributed by atoms with E-state index in [1.807, 2.05) is 13.0 Å². The molecule has 2 fully saturated rings. The molecule has 1 saturated carbocycles. The lowest BCUT2D eigenvalue weighted by Crippen LogP contribution is -2.29. The number of likely N-dealkylation sites (tertiary alicyclic amines) is 1. The van der Waals surface area contributed by atoms with Crippen molar-refractivity contribution < 1.29 is 10.0 Å². The van der Waals surface area contributed by atoms with Gasteiger partial charge >= 0.3 is 7.12 Å². The van der Waals surface area contributed by atoms with Crippen LogP contribution < -0.4 is 5.46 Å². The molecule has 1 aromatic heterocycles. The van der Waals surface area contributed by atoms with Gasteiger partial charge in [0.15, 0.2) is 0 Å². The van der Waals surface area contributed by atoms with Crippen LogP contribution in [-0.2, 0) is 0 Å². The molecule has 2 aromatic carbocycles. The highest BCUT2D eigenvalue weighted by molar-refractivity contribution is 6.58. The van der Waals surface area contributed by atoms with E-state index < -0.39 is 7.12 Å². The fraction of sp³-hybridized carbons (Fsp3) is 0.379. The molecule has 6 heteroatoms. The minimum atomic E-state index is -1.46. The smallest absolute Gasteiger partial charge is 0.423 e. The first-order chi connectivity index (χ1) is 16.9. The fourth-order valence-corrected chi connectivity index (χ4v) is 5.05. The summed E-state index contributed by atoms with van der Waals surface area (Å²) in [6.45, 7) is 9.15. The highest BCUT2D eigenvalue weighted by atomic mass is 16.4. The second-order valence-electron chi connectivity index (χ2n) is 9.90. The van der Waals surface area contributed by atoms with E-state index >= 15 is 0 Å². The number of rotatable bonds is 5. The number of pyridine rings is 1. The molecule has 0 bridgehead atoms. The summed E-state index contributed by atoms with van der Waals surface area (Å²) in [7, 11) is -1.46. The SMILES string of the molecule is Cc1ccc(-c2ccc([C@H]3C[C@@H]3CN3CCC[C@@H]3C)cc2)c(C)n1.N#Cc1ccc(B(O)O)cc1. The van der Waals surface area contributed by atoms with E-state index in [4.69, 9.17) is 15.3 Å². The number of aromatic nitrogens is 1. The van der Waals surface area contributed by atoms with Crippen LogP contribution in [0.4, 0.5) is 0 Å². The summed E-state index contributed by atoms with van der Waals surface area (Å²) in [4.78, 5) is 7.29. The van der Waals surface area contributed by atoms with Crippen LogP contribution in [0.5, 0.6) is 0 Å². The second-order valence-corrected chi connectivity index (χ2v) is 9.90. The summed E-state index contributed by atoms with van der Waals surface area (Å²) in [5, 5.41) is 25.7. The molecule has 0 unspecified atom stereocenters. The number of hydrogen-bond donors (Lipinski definition) is 2. The van der Waals surface area contributed by atoms with Gasteiger partial charge in [-0.3, -0.25) is 4.98 Å². The Morgan fingerprint density at radius 1 is 1.03 bits per heavy atom. The van der Waals surface area contributed by atoms with Crippen molar-refractivity contribution in [2.75, 3.05) is 13.1 Å². The highest BCUT2D eigenvalue weighted by Gasteiger charge is 2.40. The zero-order valence-electron chi connectivity index (χ0n) is 20.9. The molecule has 2 heterocycles. The largest absolute Gasteiger partial charge is 0.488 e. The first-order valence-corrected chi connectivity index (χ1v) is 12.5. The summed E-state index contributed by atoms with van der Waals surface area (Å²) < 4.78 is 0. The van der Waals surface area contributed by atoms with E-state index in [-0.39, 0.29) is 0 Å². The molecule has 180 valence electrons. The Hall–Kier alpha value is -2.98. The van der Waals surface area contributed by atoms with Crippen molar-refractivity contribution in [1.29, 1.82) is 5.26 Å². The van der Waals surface area contributed by atoms with Crippen molar-refractivity contribution in [1.82, 2.24) is 9.88 Å². The Morgan fingerprint density at radius 2 is 1.74 bits per heavy atom. The molecule has 1 aliphatic carbocycles. The van der Waals surface area contributed by atoms with Crippen molar-refractivity contribution >= 4 is 12.6 Å². The Kier molecular flexibility index (Phi) is 8.02. The first-order valence-electron chi connectivity index (χ1n) is 12.5. The van der Waals surface area contributed by atoms with E-state index in [9.17, 15) is 0 Å². The Bertz CT molecular complexity index is 1170. The van der Waals surface area contributed by atoms with E-state index in [0.29, 0.717) is 11.0 Å². The van der Waals surface area contributed by atoms with Gasteiger partial charge in [0.05, 0.1) is 11.6 Å². The van der Waals surface area contributed by atoms with E-state index in [0.717, 1.165) is 29.3 Å². The maximum atomic E-state index is 8.66. The quantitative estimate of drug-likeness (QED) is 0.550. The van der Waals surface area contributed by atoms with Crippen LogP contribution in [0, 0.1) is 31.1 Å². The topological polar surface area (TPSA) is 80.4 Å². The molecule has 5 rings (SSSR count). The lowest BCUT2D eigenvalue weighted by atomic mass is 9.80. The third-order valence-corrected chi connectivity index (χ3v) is 7.29. The fourth-order valence-electron chi connectivity index (χ4n) is 5.05. The number of benzene rings is 2. The van der Waals surface area contributed by atoms with Gasteiger partial charge in [0.1, 0.15) is 0 Å². The molecular weight excluding hydrogens is 433 g/mol. The molecule has 3 aromatic rings. The van der Waals surface area contributed by atoms with Gasteiger partial charge in [-0.15, -0.1) is 0 Å². The standard InChI is InChI=1S/C22H28N2.C7H6BNO2/c1-15-6-11-21(17(3)23-15)18-7-9-19(10-8-18)22-13-20(22)14-24-12-4-5-16(24)2;9-5-6-1-3-7(4-2-6)8(10)11/h6-11,16,20,22H,4-5,12-14H2,1-3H3;1-4,10-11H/t16-,20+,22+;/m0./s1. The van der Waals surface area contributed by atoms with Gasteiger partial charge in [0.25, 0.3) is 0 Å². The van der Waals surface area contributed by atoms with Crippen LogP contribution >= 0.6 is 0 Å². The summed E-state index contributed by atoms with van der Waals surface area (Å²) in [5.41, 5.74) is 7.17. The molecule has 1 aliphatic heterocycles. The summed E-state index contributed by atoms with van der Waals surface area (Å²) in [6.07, 6.45) is 4.14.